The molecule has 0 fully saturated rings. The molecule has 0 saturated heterocycles. The van der Waals surface area contributed by atoms with Crippen molar-refractivity contribution in [2.45, 2.75) is 20.4 Å². The molecule has 6 heteroatoms. The van der Waals surface area contributed by atoms with E-state index in [0.29, 0.717) is 24.9 Å². The summed E-state index contributed by atoms with van der Waals surface area (Å²) in [5, 5.41) is 13.7. The number of rotatable bonds is 7. The minimum atomic E-state index is -0.466. The van der Waals surface area contributed by atoms with Crippen LogP contribution in [0.4, 0.5) is 11.5 Å². The largest absolute Gasteiger partial charge is 0.493 e. The summed E-state index contributed by atoms with van der Waals surface area (Å²) >= 11 is 0. The zero-order valence-electron chi connectivity index (χ0n) is 12.7. The Hall–Kier alpha value is -2.63. The van der Waals surface area contributed by atoms with Crippen LogP contribution < -0.4 is 10.1 Å². The first kappa shape index (κ1) is 15.8. The van der Waals surface area contributed by atoms with Gasteiger partial charge in [0.25, 0.3) is 5.69 Å². The smallest absolute Gasteiger partial charge is 0.287 e. The molecule has 0 saturated carbocycles. The fourth-order valence-electron chi connectivity index (χ4n) is 1.83. The lowest BCUT2D eigenvalue weighted by molar-refractivity contribution is -0.385. The van der Waals surface area contributed by atoms with Crippen LogP contribution in [0, 0.1) is 16.0 Å². The van der Waals surface area contributed by atoms with Gasteiger partial charge in [-0.2, -0.15) is 0 Å². The van der Waals surface area contributed by atoms with E-state index in [1.807, 2.05) is 24.3 Å². The summed E-state index contributed by atoms with van der Waals surface area (Å²) < 4.78 is 5.79. The van der Waals surface area contributed by atoms with Gasteiger partial charge in [-0.1, -0.05) is 32.0 Å². The Kier molecular flexibility index (Phi) is 5.30. The van der Waals surface area contributed by atoms with Gasteiger partial charge in [-0.05, 0) is 18.1 Å². The fourth-order valence-corrected chi connectivity index (χ4v) is 1.83. The van der Waals surface area contributed by atoms with E-state index in [0.717, 1.165) is 11.3 Å². The number of hydrogen-bond donors (Lipinski definition) is 1. The molecule has 116 valence electrons. The maximum absolute atomic E-state index is 10.6. The van der Waals surface area contributed by atoms with Crippen LogP contribution in [0.2, 0.25) is 0 Å². The van der Waals surface area contributed by atoms with Gasteiger partial charge >= 0.3 is 0 Å². The first-order valence-electron chi connectivity index (χ1n) is 7.11. The van der Waals surface area contributed by atoms with E-state index in [-0.39, 0.29) is 5.69 Å². The first-order valence-corrected chi connectivity index (χ1v) is 7.11. The van der Waals surface area contributed by atoms with E-state index in [1.54, 1.807) is 6.07 Å². The molecule has 0 aliphatic carbocycles. The number of benzene rings is 1. The lowest BCUT2D eigenvalue weighted by atomic mass is 10.2. The molecule has 1 aromatic heterocycles. The van der Waals surface area contributed by atoms with Gasteiger partial charge in [-0.25, -0.2) is 4.98 Å². The molecule has 0 amide bonds. The molecule has 1 N–H and O–H groups in total. The second-order valence-electron chi connectivity index (χ2n) is 5.32. The van der Waals surface area contributed by atoms with Gasteiger partial charge in [0.2, 0.25) is 0 Å². The molecule has 0 aliphatic heterocycles. The van der Waals surface area contributed by atoms with Gasteiger partial charge in [0.1, 0.15) is 17.8 Å². The standard InChI is InChI=1S/C16H19N3O3/c1-12(2)11-22-15-6-4-3-5-13(15)9-17-16-8-7-14(10-18-16)19(20)21/h3-8,10,12H,9,11H2,1-2H3,(H,17,18). The van der Waals surface area contributed by atoms with Crippen molar-refractivity contribution < 1.29 is 9.66 Å². The molecule has 0 aliphatic rings. The van der Waals surface area contributed by atoms with E-state index in [4.69, 9.17) is 4.74 Å². The summed E-state index contributed by atoms with van der Waals surface area (Å²) in [6.07, 6.45) is 1.24. The molecule has 1 aromatic carbocycles. The van der Waals surface area contributed by atoms with Crippen LogP contribution in [0.25, 0.3) is 0 Å². The molecule has 0 radical (unpaired) electrons. The highest BCUT2D eigenvalue weighted by Crippen LogP contribution is 2.20. The van der Waals surface area contributed by atoms with Crippen LogP contribution in [-0.4, -0.2) is 16.5 Å². The van der Waals surface area contributed by atoms with Crippen LogP contribution in [0.15, 0.2) is 42.6 Å². The molecule has 0 bridgehead atoms. The highest BCUT2D eigenvalue weighted by molar-refractivity contribution is 5.42. The number of nitrogens with zero attached hydrogens (tertiary/aromatic N) is 2. The average molecular weight is 301 g/mol. The van der Waals surface area contributed by atoms with Crippen molar-refractivity contribution in [3.05, 3.63) is 58.3 Å². The number of ether oxygens (including phenoxy) is 1. The van der Waals surface area contributed by atoms with Gasteiger partial charge in [0, 0.05) is 18.2 Å². The number of para-hydroxylation sites is 1. The van der Waals surface area contributed by atoms with Gasteiger partial charge in [0.05, 0.1) is 11.5 Å². The summed E-state index contributed by atoms with van der Waals surface area (Å²) in [7, 11) is 0. The summed E-state index contributed by atoms with van der Waals surface area (Å²) in [6.45, 7) is 5.40. The topological polar surface area (TPSA) is 77.3 Å². The average Bonchev–Trinajstić information content (AvgIpc) is 2.52. The van der Waals surface area contributed by atoms with Crippen LogP contribution >= 0.6 is 0 Å². The van der Waals surface area contributed by atoms with Crippen molar-refractivity contribution in [3.8, 4) is 5.75 Å². The molecular weight excluding hydrogens is 282 g/mol. The Labute approximate surface area is 129 Å². The lowest BCUT2D eigenvalue weighted by Crippen LogP contribution is -2.08. The maximum Gasteiger partial charge on any atom is 0.287 e. The van der Waals surface area contributed by atoms with Crippen LogP contribution in [0.1, 0.15) is 19.4 Å². The molecule has 0 atom stereocenters. The van der Waals surface area contributed by atoms with Crippen LogP contribution in [0.3, 0.4) is 0 Å². The molecule has 2 aromatic rings. The molecule has 1 heterocycles. The number of hydrogen-bond acceptors (Lipinski definition) is 5. The summed E-state index contributed by atoms with van der Waals surface area (Å²) in [5.41, 5.74) is 0.995. The third-order valence-electron chi connectivity index (χ3n) is 2.96. The number of aromatic nitrogens is 1. The third-order valence-corrected chi connectivity index (χ3v) is 2.96. The minimum Gasteiger partial charge on any atom is -0.493 e. The zero-order valence-corrected chi connectivity index (χ0v) is 12.7. The Morgan fingerprint density at radius 1 is 1.27 bits per heavy atom. The number of nitro groups is 1. The van der Waals surface area contributed by atoms with Crippen LogP contribution in [-0.2, 0) is 6.54 Å². The van der Waals surface area contributed by atoms with Gasteiger partial charge in [0.15, 0.2) is 0 Å². The van der Waals surface area contributed by atoms with Crippen molar-refractivity contribution in [3.63, 3.8) is 0 Å². The highest BCUT2D eigenvalue weighted by Gasteiger charge is 2.07. The van der Waals surface area contributed by atoms with Gasteiger partial charge < -0.3 is 10.1 Å². The fraction of sp³-hybridized carbons (Fsp3) is 0.312. The van der Waals surface area contributed by atoms with Crippen molar-refractivity contribution in [1.82, 2.24) is 4.98 Å². The summed E-state index contributed by atoms with van der Waals surface area (Å²) in [4.78, 5) is 14.2. The van der Waals surface area contributed by atoms with Crippen molar-refractivity contribution in [1.29, 1.82) is 0 Å². The monoisotopic (exact) mass is 301 g/mol. The molecule has 22 heavy (non-hydrogen) atoms. The molecule has 2 rings (SSSR count). The SMILES string of the molecule is CC(C)COc1ccccc1CNc1ccc([N+](=O)[O-])cn1. The van der Waals surface area contributed by atoms with Crippen molar-refractivity contribution in [2.24, 2.45) is 5.92 Å². The van der Waals surface area contributed by atoms with Crippen molar-refractivity contribution in [2.75, 3.05) is 11.9 Å². The van der Waals surface area contributed by atoms with Crippen LogP contribution in [0.5, 0.6) is 5.75 Å². The van der Waals surface area contributed by atoms with Gasteiger partial charge in [-0.3, -0.25) is 10.1 Å². The first-order chi connectivity index (χ1) is 10.6. The predicted molar refractivity (Wildman–Crippen MR) is 85.0 cm³/mol. The zero-order chi connectivity index (χ0) is 15.9. The predicted octanol–water partition coefficient (Wildman–Crippen LogP) is 3.64. The Morgan fingerprint density at radius 2 is 2.05 bits per heavy atom. The second-order valence-corrected chi connectivity index (χ2v) is 5.32. The molecular formula is C16H19N3O3. The molecule has 0 spiro atoms. The Balaban J connectivity index is 2.00. The number of nitrogens with one attached hydrogen (secondary N) is 1. The minimum absolute atomic E-state index is 0.0220. The molecule has 6 nitrogen and oxygen atoms in total. The van der Waals surface area contributed by atoms with Gasteiger partial charge in [-0.15, -0.1) is 0 Å². The van der Waals surface area contributed by atoms with Crippen molar-refractivity contribution >= 4 is 11.5 Å². The summed E-state index contributed by atoms with van der Waals surface area (Å²) in [5.74, 6) is 1.88. The lowest BCUT2D eigenvalue weighted by Gasteiger charge is -2.13. The van der Waals surface area contributed by atoms with E-state index < -0.39 is 4.92 Å². The summed E-state index contributed by atoms with van der Waals surface area (Å²) in [6, 6.07) is 10.8. The second kappa shape index (κ2) is 7.40. The normalized spacial score (nSPS) is 10.5. The van der Waals surface area contributed by atoms with E-state index >= 15 is 0 Å². The van der Waals surface area contributed by atoms with E-state index in [1.165, 1.54) is 12.3 Å². The Bertz CT molecular complexity index is 627. The maximum atomic E-state index is 10.6. The molecule has 0 unspecified atom stereocenters. The number of pyridine rings is 1. The van der Waals surface area contributed by atoms with E-state index in [9.17, 15) is 10.1 Å². The number of anilines is 1. The highest BCUT2D eigenvalue weighted by atomic mass is 16.6. The third kappa shape index (κ3) is 4.44. The Morgan fingerprint density at radius 3 is 2.68 bits per heavy atom. The quantitative estimate of drug-likeness (QED) is 0.624. The van der Waals surface area contributed by atoms with E-state index in [2.05, 4.69) is 24.1 Å².